The van der Waals surface area contributed by atoms with Gasteiger partial charge in [0.2, 0.25) is 0 Å². The molecule has 0 saturated carbocycles. The first-order valence-corrected chi connectivity index (χ1v) is 9.14. The van der Waals surface area contributed by atoms with E-state index in [1.54, 1.807) is 35.1 Å². The number of hydrogen-bond donors (Lipinski definition) is 2. The van der Waals surface area contributed by atoms with Gasteiger partial charge in [-0.2, -0.15) is 5.10 Å². The van der Waals surface area contributed by atoms with Crippen molar-refractivity contribution in [3.8, 4) is 5.75 Å². The van der Waals surface area contributed by atoms with Gasteiger partial charge in [0.15, 0.2) is 5.65 Å². The van der Waals surface area contributed by atoms with Crippen LogP contribution in [0.15, 0.2) is 36.8 Å². The summed E-state index contributed by atoms with van der Waals surface area (Å²) in [6.45, 7) is 6.44. The van der Waals surface area contributed by atoms with Gasteiger partial charge in [0.05, 0.1) is 24.7 Å². The molecule has 3 rings (SSSR count). The molecule has 0 spiro atoms. The lowest BCUT2D eigenvalue weighted by atomic mass is 10.2. The van der Waals surface area contributed by atoms with Crippen molar-refractivity contribution < 1.29 is 9.53 Å². The van der Waals surface area contributed by atoms with Crippen LogP contribution in [0.4, 0.5) is 5.82 Å². The highest BCUT2D eigenvalue weighted by Crippen LogP contribution is 2.18. The third-order valence-corrected chi connectivity index (χ3v) is 4.01. The summed E-state index contributed by atoms with van der Waals surface area (Å²) in [5, 5.41) is 11.4. The minimum Gasteiger partial charge on any atom is -0.494 e. The van der Waals surface area contributed by atoms with Gasteiger partial charge in [-0.15, -0.1) is 0 Å². The van der Waals surface area contributed by atoms with E-state index in [9.17, 15) is 4.79 Å². The smallest absolute Gasteiger partial charge is 0.251 e. The summed E-state index contributed by atoms with van der Waals surface area (Å²) >= 11 is 0. The van der Waals surface area contributed by atoms with Gasteiger partial charge in [-0.3, -0.25) is 4.79 Å². The molecule has 0 unspecified atom stereocenters. The van der Waals surface area contributed by atoms with E-state index in [0.29, 0.717) is 25.3 Å². The topological polar surface area (TPSA) is 94.0 Å². The van der Waals surface area contributed by atoms with Crippen molar-refractivity contribution in [2.24, 2.45) is 0 Å². The number of carbonyl (C=O) groups excluding carboxylic acids is 1. The van der Waals surface area contributed by atoms with E-state index in [-0.39, 0.29) is 5.91 Å². The maximum atomic E-state index is 12.3. The highest BCUT2D eigenvalue weighted by atomic mass is 16.5. The SMILES string of the molecule is CCCNc1ncnc2c1cnn2CCNC(=O)c1ccc(OCC)cc1. The van der Waals surface area contributed by atoms with Crippen LogP contribution in [0.1, 0.15) is 30.6 Å². The molecule has 0 fully saturated rings. The molecule has 0 saturated heterocycles. The predicted octanol–water partition coefficient (Wildman–Crippen LogP) is 2.48. The lowest BCUT2D eigenvalue weighted by Gasteiger charge is -2.08. The molecule has 27 heavy (non-hydrogen) atoms. The zero-order valence-electron chi connectivity index (χ0n) is 15.6. The molecule has 2 heterocycles. The van der Waals surface area contributed by atoms with Gasteiger partial charge in [-0.1, -0.05) is 6.92 Å². The number of anilines is 1. The summed E-state index contributed by atoms with van der Waals surface area (Å²) in [6.07, 6.45) is 4.29. The van der Waals surface area contributed by atoms with Crippen LogP contribution in [-0.2, 0) is 6.54 Å². The summed E-state index contributed by atoms with van der Waals surface area (Å²) in [4.78, 5) is 20.8. The first-order chi connectivity index (χ1) is 13.2. The van der Waals surface area contributed by atoms with Crippen molar-refractivity contribution in [3.63, 3.8) is 0 Å². The van der Waals surface area contributed by atoms with Crippen LogP contribution in [0.25, 0.3) is 11.0 Å². The standard InChI is InChI=1S/C19H24N6O2/c1-3-9-20-17-16-12-24-25(18(16)23-13-22-17)11-10-21-19(26)14-5-7-15(8-6-14)27-4-2/h5-8,12-13H,3-4,9-11H2,1-2H3,(H,21,26)(H,20,22,23). The van der Waals surface area contributed by atoms with Crippen LogP contribution in [0.5, 0.6) is 5.75 Å². The Morgan fingerprint density at radius 2 is 1.96 bits per heavy atom. The van der Waals surface area contributed by atoms with Crippen LogP contribution in [0.2, 0.25) is 0 Å². The number of hydrogen-bond acceptors (Lipinski definition) is 6. The third kappa shape index (κ3) is 4.52. The molecule has 0 radical (unpaired) electrons. The molecule has 0 aliphatic rings. The van der Waals surface area contributed by atoms with Crippen LogP contribution in [0.3, 0.4) is 0 Å². The van der Waals surface area contributed by atoms with E-state index in [4.69, 9.17) is 4.74 Å². The highest BCUT2D eigenvalue weighted by Gasteiger charge is 2.10. The molecule has 3 aromatic rings. The number of amides is 1. The number of rotatable bonds is 9. The number of ether oxygens (including phenoxy) is 1. The van der Waals surface area contributed by atoms with Gasteiger partial charge in [0.1, 0.15) is 17.9 Å². The first kappa shape index (κ1) is 18.6. The third-order valence-electron chi connectivity index (χ3n) is 4.01. The minimum atomic E-state index is -0.130. The average Bonchev–Trinajstić information content (AvgIpc) is 3.11. The van der Waals surface area contributed by atoms with Crippen LogP contribution >= 0.6 is 0 Å². The Balaban J connectivity index is 1.59. The molecular weight excluding hydrogens is 344 g/mol. The van der Waals surface area contributed by atoms with Gasteiger partial charge >= 0.3 is 0 Å². The molecular formula is C19H24N6O2. The Morgan fingerprint density at radius 1 is 1.15 bits per heavy atom. The van der Waals surface area contributed by atoms with Crippen molar-refractivity contribution in [1.82, 2.24) is 25.1 Å². The fraction of sp³-hybridized carbons (Fsp3) is 0.368. The Bertz CT molecular complexity index is 891. The largest absolute Gasteiger partial charge is 0.494 e. The van der Waals surface area contributed by atoms with Crippen LogP contribution < -0.4 is 15.4 Å². The molecule has 2 aromatic heterocycles. The molecule has 1 amide bonds. The van der Waals surface area contributed by atoms with Gasteiger partial charge in [-0.25, -0.2) is 14.6 Å². The molecule has 142 valence electrons. The number of benzene rings is 1. The first-order valence-electron chi connectivity index (χ1n) is 9.14. The van der Waals surface area contributed by atoms with Crippen molar-refractivity contribution >= 4 is 22.8 Å². The van der Waals surface area contributed by atoms with E-state index in [1.807, 2.05) is 6.92 Å². The lowest BCUT2D eigenvalue weighted by Crippen LogP contribution is -2.27. The molecule has 1 aromatic carbocycles. The van der Waals surface area contributed by atoms with Crippen LogP contribution in [0, 0.1) is 0 Å². The number of aromatic nitrogens is 4. The number of fused-ring (bicyclic) bond motifs is 1. The maximum absolute atomic E-state index is 12.3. The normalized spacial score (nSPS) is 10.7. The summed E-state index contributed by atoms with van der Waals surface area (Å²) in [5.74, 6) is 1.41. The monoisotopic (exact) mass is 368 g/mol. The second-order valence-corrected chi connectivity index (χ2v) is 5.97. The zero-order valence-corrected chi connectivity index (χ0v) is 15.6. The number of nitrogens with zero attached hydrogens (tertiary/aromatic N) is 4. The highest BCUT2D eigenvalue weighted by molar-refractivity contribution is 5.94. The van der Waals surface area contributed by atoms with Crippen molar-refractivity contribution in [1.29, 1.82) is 0 Å². The Morgan fingerprint density at radius 3 is 2.70 bits per heavy atom. The van der Waals surface area contributed by atoms with E-state index in [1.165, 1.54) is 6.33 Å². The van der Waals surface area contributed by atoms with Gasteiger partial charge in [0.25, 0.3) is 5.91 Å². The second kappa shape index (κ2) is 8.98. The Hall–Kier alpha value is -3.16. The lowest BCUT2D eigenvalue weighted by molar-refractivity contribution is 0.0952. The summed E-state index contributed by atoms with van der Waals surface area (Å²) < 4.78 is 7.16. The van der Waals surface area contributed by atoms with Crippen molar-refractivity contribution in [2.75, 3.05) is 25.0 Å². The molecule has 2 N–H and O–H groups in total. The van der Waals surface area contributed by atoms with Crippen molar-refractivity contribution in [2.45, 2.75) is 26.8 Å². The predicted molar refractivity (Wildman–Crippen MR) is 104 cm³/mol. The maximum Gasteiger partial charge on any atom is 0.251 e. The van der Waals surface area contributed by atoms with Gasteiger partial charge in [0, 0.05) is 18.7 Å². The minimum absolute atomic E-state index is 0.130. The fourth-order valence-electron chi connectivity index (χ4n) is 2.69. The fourth-order valence-corrected chi connectivity index (χ4v) is 2.69. The number of nitrogens with one attached hydrogen (secondary N) is 2. The Kier molecular flexibility index (Phi) is 6.19. The molecule has 0 aliphatic heterocycles. The van der Waals surface area contributed by atoms with Gasteiger partial charge in [-0.05, 0) is 37.6 Å². The molecule has 8 heteroatoms. The average molecular weight is 368 g/mol. The number of carbonyl (C=O) groups is 1. The molecule has 0 atom stereocenters. The van der Waals surface area contributed by atoms with E-state index >= 15 is 0 Å². The molecule has 8 nitrogen and oxygen atoms in total. The molecule has 0 aliphatic carbocycles. The second-order valence-electron chi connectivity index (χ2n) is 5.97. The van der Waals surface area contributed by atoms with E-state index in [2.05, 4.69) is 32.6 Å². The summed E-state index contributed by atoms with van der Waals surface area (Å²) in [5.41, 5.74) is 1.34. The van der Waals surface area contributed by atoms with Crippen molar-refractivity contribution in [3.05, 3.63) is 42.4 Å². The zero-order chi connectivity index (χ0) is 19.1. The van der Waals surface area contributed by atoms with E-state index < -0.39 is 0 Å². The molecule has 0 bridgehead atoms. The summed E-state index contributed by atoms with van der Waals surface area (Å²) in [7, 11) is 0. The summed E-state index contributed by atoms with van der Waals surface area (Å²) in [6, 6.07) is 7.09. The van der Waals surface area contributed by atoms with Gasteiger partial charge < -0.3 is 15.4 Å². The Labute approximate surface area is 158 Å². The quantitative estimate of drug-likeness (QED) is 0.603. The van der Waals surface area contributed by atoms with Crippen LogP contribution in [-0.4, -0.2) is 45.4 Å². The van der Waals surface area contributed by atoms with E-state index in [0.717, 1.165) is 35.6 Å².